The second kappa shape index (κ2) is 11.6. The van der Waals surface area contributed by atoms with Crippen molar-refractivity contribution in [2.75, 3.05) is 0 Å². The van der Waals surface area contributed by atoms with Crippen LogP contribution in [-0.2, 0) is 17.0 Å². The van der Waals surface area contributed by atoms with Crippen molar-refractivity contribution >= 4 is 40.9 Å². The normalized spacial score (nSPS) is 12.0. The van der Waals surface area contributed by atoms with Crippen LogP contribution in [0.25, 0.3) is 5.69 Å². The molecule has 1 N–H and O–H groups in total. The second-order valence-corrected chi connectivity index (χ2v) is 9.88. The Morgan fingerprint density at radius 2 is 1.53 bits per heavy atom. The van der Waals surface area contributed by atoms with E-state index < -0.39 is 16.8 Å². The predicted molar refractivity (Wildman–Crippen MR) is 139 cm³/mol. The lowest BCUT2D eigenvalue weighted by atomic mass is 10.0. The molecule has 3 aromatic carbocycles. The van der Waals surface area contributed by atoms with Gasteiger partial charge >= 0.3 is 0 Å². The maximum atomic E-state index is 12.5. The van der Waals surface area contributed by atoms with Crippen molar-refractivity contribution in [3.8, 4) is 5.69 Å². The Balaban J connectivity index is 1.73. The number of halogens is 2. The number of rotatable bonds is 9. The minimum atomic E-state index is -1.18. The van der Waals surface area contributed by atoms with Crippen molar-refractivity contribution in [1.29, 1.82) is 0 Å². The second-order valence-electron chi connectivity index (χ2n) is 7.84. The first-order valence-corrected chi connectivity index (χ1v) is 12.7. The molecule has 0 radical (unpaired) electrons. The van der Waals surface area contributed by atoms with Gasteiger partial charge in [0.1, 0.15) is 0 Å². The Morgan fingerprint density at radius 3 is 2.15 bits per heavy atom. The minimum Gasteiger partial charge on any atom is -0.343 e. The molecule has 1 atom stereocenters. The summed E-state index contributed by atoms with van der Waals surface area (Å²) in [4.78, 5) is 11.3. The first-order chi connectivity index (χ1) is 16.5. The number of aromatic nitrogens is 3. The summed E-state index contributed by atoms with van der Waals surface area (Å²) in [6, 6.07) is 27.8. The third-order valence-electron chi connectivity index (χ3n) is 5.27. The molecule has 1 heterocycles. The smallest absolute Gasteiger partial charge is 0.253 e. The average Bonchev–Trinajstić information content (AvgIpc) is 3.28. The summed E-state index contributed by atoms with van der Waals surface area (Å²) in [5.74, 6) is 0.887. The standard InChI is InChI=1S/C26H24Cl2N4OS/c1-18-12-14-21(15-13-18)32-24(30-31-26(32)34-17-20-10-6-3-7-11-20)22(29-25(33)23(27)28)16-19-8-4-2-5-9-19/h2-15,22-23H,16-17H2,1H3,(H,29,33). The largest absolute Gasteiger partial charge is 0.343 e. The van der Waals surface area contributed by atoms with Crippen molar-refractivity contribution in [1.82, 2.24) is 20.1 Å². The fraction of sp³-hybridized carbons (Fsp3) is 0.192. The highest BCUT2D eigenvalue weighted by Gasteiger charge is 2.26. The van der Waals surface area contributed by atoms with E-state index in [9.17, 15) is 4.79 Å². The Hall–Kier alpha value is -2.80. The number of benzene rings is 3. The Kier molecular flexibility index (Phi) is 8.27. The molecule has 4 aromatic rings. The number of carbonyl (C=O) groups excluding carboxylic acids is 1. The zero-order valence-electron chi connectivity index (χ0n) is 18.6. The first-order valence-electron chi connectivity index (χ1n) is 10.8. The van der Waals surface area contributed by atoms with E-state index in [1.54, 1.807) is 11.8 Å². The number of aryl methyl sites for hydroxylation is 1. The molecule has 8 heteroatoms. The monoisotopic (exact) mass is 510 g/mol. The molecule has 5 nitrogen and oxygen atoms in total. The van der Waals surface area contributed by atoms with Gasteiger partial charge in [0.05, 0.1) is 6.04 Å². The summed E-state index contributed by atoms with van der Waals surface area (Å²) in [6.45, 7) is 2.04. The lowest BCUT2D eigenvalue weighted by Gasteiger charge is -2.20. The van der Waals surface area contributed by atoms with E-state index in [0.29, 0.717) is 12.2 Å². The van der Waals surface area contributed by atoms with E-state index >= 15 is 0 Å². The lowest BCUT2D eigenvalue weighted by Crippen LogP contribution is -2.35. The fourth-order valence-electron chi connectivity index (χ4n) is 3.55. The van der Waals surface area contributed by atoms with Crippen molar-refractivity contribution in [2.45, 2.75) is 35.1 Å². The molecule has 0 aliphatic carbocycles. The molecule has 0 spiro atoms. The SMILES string of the molecule is Cc1ccc(-n2c(SCc3ccccc3)nnc2C(Cc2ccccc2)NC(=O)C(Cl)Cl)cc1. The van der Waals surface area contributed by atoms with E-state index in [2.05, 4.69) is 27.6 Å². The highest BCUT2D eigenvalue weighted by atomic mass is 35.5. The van der Waals surface area contributed by atoms with E-state index in [1.165, 1.54) is 5.56 Å². The van der Waals surface area contributed by atoms with E-state index in [1.807, 2.05) is 84.3 Å². The molecule has 34 heavy (non-hydrogen) atoms. The van der Waals surface area contributed by atoms with E-state index in [0.717, 1.165) is 27.7 Å². The first kappa shape index (κ1) is 24.3. The van der Waals surface area contributed by atoms with Gasteiger partial charge in [0.25, 0.3) is 5.91 Å². The van der Waals surface area contributed by atoms with Gasteiger partial charge in [-0.05, 0) is 36.6 Å². The van der Waals surface area contributed by atoms with Crippen molar-refractivity contribution in [3.05, 3.63) is 107 Å². The molecule has 174 valence electrons. The number of alkyl halides is 2. The molecule has 0 aliphatic rings. The lowest BCUT2D eigenvalue weighted by molar-refractivity contribution is -0.120. The van der Waals surface area contributed by atoms with Crippen LogP contribution >= 0.6 is 35.0 Å². The number of amides is 1. The third-order valence-corrected chi connectivity index (χ3v) is 6.67. The van der Waals surface area contributed by atoms with Gasteiger partial charge in [-0.15, -0.1) is 10.2 Å². The molecule has 1 unspecified atom stereocenters. The molecular formula is C26H24Cl2N4OS. The van der Waals surface area contributed by atoms with Crippen LogP contribution in [0.5, 0.6) is 0 Å². The Bertz CT molecular complexity index is 1210. The molecule has 0 saturated heterocycles. The summed E-state index contributed by atoms with van der Waals surface area (Å²) < 4.78 is 2.00. The van der Waals surface area contributed by atoms with E-state index in [-0.39, 0.29) is 0 Å². The molecule has 1 aromatic heterocycles. The third kappa shape index (κ3) is 6.20. The molecule has 0 bridgehead atoms. The molecule has 0 aliphatic heterocycles. The molecule has 0 saturated carbocycles. The number of hydrogen-bond donors (Lipinski definition) is 1. The topological polar surface area (TPSA) is 59.8 Å². The average molecular weight is 511 g/mol. The summed E-state index contributed by atoms with van der Waals surface area (Å²) in [6.07, 6.45) is 0.514. The van der Waals surface area contributed by atoms with Crippen LogP contribution in [0.1, 0.15) is 28.6 Å². The minimum absolute atomic E-state index is 0.471. The predicted octanol–water partition coefficient (Wildman–Crippen LogP) is 6.07. The van der Waals surface area contributed by atoms with Crippen molar-refractivity contribution in [3.63, 3.8) is 0 Å². The number of carbonyl (C=O) groups is 1. The molecule has 4 rings (SSSR count). The molecule has 0 fully saturated rings. The van der Waals surface area contributed by atoms with Gasteiger partial charge in [0.2, 0.25) is 0 Å². The molecular weight excluding hydrogens is 487 g/mol. The summed E-state index contributed by atoms with van der Waals surface area (Å²) in [5.41, 5.74) is 4.30. The Labute approximate surface area is 213 Å². The number of hydrogen-bond acceptors (Lipinski definition) is 4. The fourth-order valence-corrected chi connectivity index (χ4v) is 4.59. The summed E-state index contributed by atoms with van der Waals surface area (Å²) >= 11 is 13.3. The maximum absolute atomic E-state index is 12.5. The number of thioether (sulfide) groups is 1. The highest BCUT2D eigenvalue weighted by Crippen LogP contribution is 2.29. The van der Waals surface area contributed by atoms with Crippen LogP contribution in [0.3, 0.4) is 0 Å². The van der Waals surface area contributed by atoms with Gasteiger partial charge in [-0.1, -0.05) is 113 Å². The quantitative estimate of drug-likeness (QED) is 0.219. The van der Waals surface area contributed by atoms with Crippen molar-refractivity contribution < 1.29 is 4.79 Å². The van der Waals surface area contributed by atoms with Gasteiger partial charge < -0.3 is 5.32 Å². The van der Waals surface area contributed by atoms with Gasteiger partial charge in [0, 0.05) is 11.4 Å². The van der Waals surface area contributed by atoms with E-state index in [4.69, 9.17) is 23.2 Å². The van der Waals surface area contributed by atoms with Crippen LogP contribution in [-0.4, -0.2) is 25.5 Å². The zero-order chi connectivity index (χ0) is 23.9. The summed E-state index contributed by atoms with van der Waals surface area (Å²) in [5, 5.41) is 12.7. The van der Waals surface area contributed by atoms with Gasteiger partial charge in [0.15, 0.2) is 15.8 Å². The van der Waals surface area contributed by atoms with Crippen LogP contribution in [0.2, 0.25) is 0 Å². The zero-order valence-corrected chi connectivity index (χ0v) is 20.9. The van der Waals surface area contributed by atoms with Crippen LogP contribution in [0.4, 0.5) is 0 Å². The maximum Gasteiger partial charge on any atom is 0.253 e. The van der Waals surface area contributed by atoms with Crippen LogP contribution < -0.4 is 5.32 Å². The number of nitrogens with zero attached hydrogens (tertiary/aromatic N) is 3. The van der Waals surface area contributed by atoms with Crippen LogP contribution in [0.15, 0.2) is 90.1 Å². The highest BCUT2D eigenvalue weighted by molar-refractivity contribution is 7.98. The molecule has 1 amide bonds. The Morgan fingerprint density at radius 1 is 0.912 bits per heavy atom. The van der Waals surface area contributed by atoms with Gasteiger partial charge in [-0.25, -0.2) is 0 Å². The van der Waals surface area contributed by atoms with Gasteiger partial charge in [-0.2, -0.15) is 0 Å². The number of nitrogens with one attached hydrogen (secondary N) is 1. The van der Waals surface area contributed by atoms with Crippen LogP contribution in [0, 0.1) is 6.92 Å². The van der Waals surface area contributed by atoms with Crippen molar-refractivity contribution in [2.24, 2.45) is 0 Å². The van der Waals surface area contributed by atoms with Gasteiger partial charge in [-0.3, -0.25) is 9.36 Å². The summed E-state index contributed by atoms with van der Waals surface area (Å²) in [7, 11) is 0.